The van der Waals surface area contributed by atoms with Crippen molar-refractivity contribution in [2.75, 3.05) is 10.7 Å². The van der Waals surface area contributed by atoms with Crippen LogP contribution in [0.5, 0.6) is 0 Å². The maximum Gasteiger partial charge on any atom is 0.229 e. The number of aromatic nitrogens is 2. The number of anilines is 1. The van der Waals surface area contributed by atoms with E-state index in [4.69, 9.17) is 4.98 Å². The molecule has 2 aromatic heterocycles. The number of thioether (sulfide) groups is 1. The van der Waals surface area contributed by atoms with Crippen molar-refractivity contribution in [2.24, 2.45) is 0 Å². The number of benzene rings is 2. The topological polar surface area (TPSA) is 46.1 Å². The van der Waals surface area contributed by atoms with Gasteiger partial charge in [-0.25, -0.2) is 9.37 Å². The summed E-state index contributed by atoms with van der Waals surface area (Å²) in [4.78, 5) is 24.9. The molecule has 0 aliphatic rings. The summed E-state index contributed by atoms with van der Waals surface area (Å²) in [5, 5.41) is 0.705. The molecule has 0 atom stereocenters. The lowest BCUT2D eigenvalue weighted by Crippen LogP contribution is -2.30. The molecule has 7 heteroatoms. The van der Waals surface area contributed by atoms with Crippen LogP contribution in [0, 0.1) is 5.82 Å². The SMILES string of the molecule is CCc1cccc2sc(N(Cc3cccnc3)C(=O)CCSc3ccc(F)cc3)nc12. The summed E-state index contributed by atoms with van der Waals surface area (Å²) in [5.41, 5.74) is 3.10. The zero-order valence-corrected chi connectivity index (χ0v) is 18.8. The third-order valence-corrected chi connectivity index (χ3v) is 6.92. The monoisotopic (exact) mass is 451 g/mol. The van der Waals surface area contributed by atoms with Gasteiger partial charge in [-0.1, -0.05) is 36.5 Å². The van der Waals surface area contributed by atoms with E-state index in [1.54, 1.807) is 41.2 Å². The zero-order valence-electron chi connectivity index (χ0n) is 17.1. The van der Waals surface area contributed by atoms with Crippen molar-refractivity contribution < 1.29 is 9.18 Å². The molecular weight excluding hydrogens is 429 g/mol. The fraction of sp³-hybridized carbons (Fsp3) is 0.208. The Morgan fingerprint density at radius 3 is 2.71 bits per heavy atom. The predicted octanol–water partition coefficient (Wildman–Crippen LogP) is 6.11. The number of thiazole rings is 1. The number of carbonyl (C=O) groups excluding carboxylic acids is 1. The summed E-state index contributed by atoms with van der Waals surface area (Å²) < 4.78 is 14.2. The minimum absolute atomic E-state index is 0.00979. The molecule has 4 nitrogen and oxygen atoms in total. The van der Waals surface area contributed by atoms with Crippen molar-refractivity contribution in [1.82, 2.24) is 9.97 Å². The van der Waals surface area contributed by atoms with Gasteiger partial charge in [0.1, 0.15) is 5.82 Å². The molecule has 0 aliphatic carbocycles. The lowest BCUT2D eigenvalue weighted by atomic mass is 10.1. The van der Waals surface area contributed by atoms with Crippen LogP contribution >= 0.6 is 23.1 Å². The number of aryl methyl sites for hydroxylation is 1. The molecule has 0 spiro atoms. The molecule has 4 aromatic rings. The smallest absolute Gasteiger partial charge is 0.229 e. The first-order chi connectivity index (χ1) is 15.1. The number of hydrogen-bond donors (Lipinski definition) is 0. The Labute approximate surface area is 189 Å². The number of para-hydroxylation sites is 1. The van der Waals surface area contributed by atoms with Gasteiger partial charge < -0.3 is 0 Å². The van der Waals surface area contributed by atoms with E-state index < -0.39 is 0 Å². The van der Waals surface area contributed by atoms with Gasteiger partial charge >= 0.3 is 0 Å². The average molecular weight is 452 g/mol. The van der Waals surface area contributed by atoms with E-state index in [1.807, 2.05) is 24.3 Å². The largest absolute Gasteiger partial charge is 0.284 e. The Bertz CT molecular complexity index is 1160. The molecule has 0 N–H and O–H groups in total. The van der Waals surface area contributed by atoms with Crippen LogP contribution in [-0.4, -0.2) is 21.6 Å². The first-order valence-corrected chi connectivity index (χ1v) is 11.9. The molecule has 158 valence electrons. The number of carbonyl (C=O) groups is 1. The lowest BCUT2D eigenvalue weighted by molar-refractivity contribution is -0.118. The van der Waals surface area contributed by atoms with Crippen LogP contribution in [0.4, 0.5) is 9.52 Å². The van der Waals surface area contributed by atoms with Crippen molar-refractivity contribution >= 4 is 44.4 Å². The van der Waals surface area contributed by atoms with Gasteiger partial charge in [0.2, 0.25) is 5.91 Å². The normalized spacial score (nSPS) is 11.0. The van der Waals surface area contributed by atoms with Gasteiger partial charge in [-0.3, -0.25) is 14.7 Å². The fourth-order valence-electron chi connectivity index (χ4n) is 3.25. The number of fused-ring (bicyclic) bond motifs is 1. The van der Waals surface area contributed by atoms with Crippen LogP contribution in [0.15, 0.2) is 71.9 Å². The zero-order chi connectivity index (χ0) is 21.6. The van der Waals surface area contributed by atoms with Crippen LogP contribution in [0.3, 0.4) is 0 Å². The standard InChI is InChI=1S/C24H22FN3OS2/c1-2-18-6-3-7-21-23(18)27-24(31-21)28(16-17-5-4-13-26-15-17)22(29)12-14-30-20-10-8-19(25)9-11-20/h3-11,13,15H,2,12,14,16H2,1H3. The van der Waals surface area contributed by atoms with Crippen LogP contribution in [-0.2, 0) is 17.8 Å². The molecule has 0 bridgehead atoms. The van der Waals surface area contributed by atoms with E-state index in [0.29, 0.717) is 23.8 Å². The van der Waals surface area contributed by atoms with Crippen molar-refractivity contribution in [1.29, 1.82) is 0 Å². The first-order valence-electron chi connectivity index (χ1n) is 10.1. The predicted molar refractivity (Wildman–Crippen MR) is 126 cm³/mol. The minimum Gasteiger partial charge on any atom is -0.284 e. The summed E-state index contributed by atoms with van der Waals surface area (Å²) >= 11 is 3.08. The molecule has 0 aliphatic heterocycles. The Morgan fingerprint density at radius 1 is 1.13 bits per heavy atom. The van der Waals surface area contributed by atoms with E-state index in [0.717, 1.165) is 27.1 Å². The van der Waals surface area contributed by atoms with Crippen molar-refractivity contribution in [3.63, 3.8) is 0 Å². The second-order valence-corrected chi connectivity index (χ2v) is 9.18. The van der Waals surface area contributed by atoms with Gasteiger partial charge in [0, 0.05) is 29.5 Å². The Hall–Kier alpha value is -2.77. The number of rotatable bonds is 8. The van der Waals surface area contributed by atoms with Gasteiger partial charge in [0.15, 0.2) is 5.13 Å². The molecule has 31 heavy (non-hydrogen) atoms. The summed E-state index contributed by atoms with van der Waals surface area (Å²) in [6.45, 7) is 2.54. The number of pyridine rings is 1. The van der Waals surface area contributed by atoms with Crippen LogP contribution in [0.25, 0.3) is 10.2 Å². The van der Waals surface area contributed by atoms with Crippen LogP contribution in [0.1, 0.15) is 24.5 Å². The second-order valence-electron chi connectivity index (χ2n) is 7.01. The highest BCUT2D eigenvalue weighted by atomic mass is 32.2. The number of halogens is 1. The van der Waals surface area contributed by atoms with Gasteiger partial charge in [-0.05, 0) is 53.9 Å². The molecule has 4 rings (SSSR count). The highest BCUT2D eigenvalue weighted by molar-refractivity contribution is 7.99. The van der Waals surface area contributed by atoms with E-state index in [-0.39, 0.29) is 11.7 Å². The molecule has 1 amide bonds. The quantitative estimate of drug-likeness (QED) is 0.303. The summed E-state index contributed by atoms with van der Waals surface area (Å²) in [5.74, 6) is 0.361. The molecule has 2 heterocycles. The Kier molecular flexibility index (Phi) is 6.94. The van der Waals surface area contributed by atoms with E-state index >= 15 is 0 Å². The van der Waals surface area contributed by atoms with Gasteiger partial charge in [0.25, 0.3) is 0 Å². The second kappa shape index (κ2) is 10.0. The average Bonchev–Trinajstić information content (AvgIpc) is 3.23. The molecule has 0 saturated carbocycles. The van der Waals surface area contributed by atoms with Crippen LogP contribution in [0.2, 0.25) is 0 Å². The van der Waals surface area contributed by atoms with E-state index in [2.05, 4.69) is 18.0 Å². The maximum atomic E-state index is 13.2. The molecule has 0 radical (unpaired) electrons. The molecular formula is C24H22FN3OS2. The van der Waals surface area contributed by atoms with Crippen molar-refractivity contribution in [3.8, 4) is 0 Å². The Morgan fingerprint density at radius 2 is 1.97 bits per heavy atom. The third kappa shape index (κ3) is 5.29. The van der Waals surface area contributed by atoms with Gasteiger partial charge in [0.05, 0.1) is 16.8 Å². The lowest BCUT2D eigenvalue weighted by Gasteiger charge is -2.20. The molecule has 0 fully saturated rings. The maximum absolute atomic E-state index is 13.2. The number of hydrogen-bond acceptors (Lipinski definition) is 5. The number of nitrogens with zero attached hydrogens (tertiary/aromatic N) is 3. The molecule has 2 aromatic carbocycles. The van der Waals surface area contributed by atoms with E-state index in [1.165, 1.54) is 29.0 Å². The summed E-state index contributed by atoms with van der Waals surface area (Å²) in [6.07, 6.45) is 4.75. The minimum atomic E-state index is -0.259. The van der Waals surface area contributed by atoms with Gasteiger partial charge in [-0.15, -0.1) is 11.8 Å². The molecule has 0 unspecified atom stereocenters. The molecule has 0 saturated heterocycles. The number of amides is 1. The van der Waals surface area contributed by atoms with Gasteiger partial charge in [-0.2, -0.15) is 0 Å². The first kappa shape index (κ1) is 21.5. The highest BCUT2D eigenvalue weighted by Crippen LogP contribution is 2.32. The third-order valence-electron chi connectivity index (χ3n) is 4.87. The summed E-state index contributed by atoms with van der Waals surface area (Å²) in [6, 6.07) is 16.3. The summed E-state index contributed by atoms with van der Waals surface area (Å²) in [7, 11) is 0. The Balaban J connectivity index is 1.55. The van der Waals surface area contributed by atoms with Crippen molar-refractivity contribution in [2.45, 2.75) is 31.2 Å². The fourth-order valence-corrected chi connectivity index (χ4v) is 5.12. The highest BCUT2D eigenvalue weighted by Gasteiger charge is 2.21. The van der Waals surface area contributed by atoms with Crippen molar-refractivity contribution in [3.05, 3.63) is 83.9 Å². The van der Waals surface area contributed by atoms with Crippen LogP contribution < -0.4 is 4.90 Å². The van der Waals surface area contributed by atoms with E-state index in [9.17, 15) is 9.18 Å².